The monoisotopic (exact) mass is 378 g/mol. The molecule has 0 radical (unpaired) electrons. The molecule has 0 bridgehead atoms. The highest BCUT2D eigenvalue weighted by Gasteiger charge is 2.01. The third kappa shape index (κ3) is 12.0. The summed E-state index contributed by atoms with van der Waals surface area (Å²) in [6.45, 7) is 5.31. The van der Waals surface area contributed by atoms with Crippen LogP contribution in [0.4, 0.5) is 4.39 Å². The van der Waals surface area contributed by atoms with Crippen molar-refractivity contribution in [3.8, 4) is 0 Å². The van der Waals surface area contributed by atoms with Crippen molar-refractivity contribution in [2.75, 3.05) is 6.54 Å². The van der Waals surface area contributed by atoms with E-state index >= 15 is 0 Å². The maximum Gasteiger partial charge on any atom is 0.166 e. The molecule has 0 aliphatic heterocycles. The summed E-state index contributed by atoms with van der Waals surface area (Å²) < 4.78 is 12.9. The fourth-order valence-corrected chi connectivity index (χ4v) is 3.08. The zero-order valence-corrected chi connectivity index (χ0v) is 17.2. The van der Waals surface area contributed by atoms with E-state index in [0.717, 1.165) is 23.6 Å². The predicted octanol–water partition coefficient (Wildman–Crippen LogP) is 6.22. The Labute approximate surface area is 164 Å². The number of hydrogen-bond donors (Lipinski definition) is 2. The van der Waals surface area contributed by atoms with Gasteiger partial charge in [-0.15, -0.1) is 0 Å². The van der Waals surface area contributed by atoms with E-state index < -0.39 is 0 Å². The van der Waals surface area contributed by atoms with Crippen LogP contribution in [0.3, 0.4) is 0 Å². The lowest BCUT2D eigenvalue weighted by Gasteiger charge is -2.15. The van der Waals surface area contributed by atoms with Crippen molar-refractivity contribution in [1.29, 1.82) is 0 Å². The maximum absolute atomic E-state index is 12.9. The van der Waals surface area contributed by atoms with Crippen LogP contribution in [0.2, 0.25) is 0 Å². The largest absolute Gasteiger partial charge is 0.363 e. The van der Waals surface area contributed by atoms with Gasteiger partial charge in [0.2, 0.25) is 0 Å². The maximum atomic E-state index is 12.9. The molecule has 0 spiro atoms. The van der Waals surface area contributed by atoms with Gasteiger partial charge in [-0.2, -0.15) is 0 Å². The molecule has 2 N–H and O–H groups in total. The van der Waals surface area contributed by atoms with Crippen molar-refractivity contribution in [1.82, 2.24) is 10.6 Å². The molecule has 0 saturated carbocycles. The van der Waals surface area contributed by atoms with Crippen molar-refractivity contribution in [3.05, 3.63) is 41.7 Å². The van der Waals surface area contributed by atoms with Gasteiger partial charge in [-0.25, -0.2) is 4.39 Å². The van der Waals surface area contributed by atoms with Crippen molar-refractivity contribution in [2.45, 2.75) is 77.7 Å². The molecule has 1 unspecified atom stereocenters. The van der Waals surface area contributed by atoms with E-state index in [4.69, 9.17) is 12.2 Å². The van der Waals surface area contributed by atoms with E-state index in [-0.39, 0.29) is 11.9 Å². The van der Waals surface area contributed by atoms with Crippen LogP contribution in [0.15, 0.2) is 30.3 Å². The Balaban J connectivity index is 2.03. The van der Waals surface area contributed by atoms with E-state index in [9.17, 15) is 4.39 Å². The van der Waals surface area contributed by atoms with Crippen molar-refractivity contribution in [3.63, 3.8) is 0 Å². The Hall–Kier alpha value is -1.42. The minimum Gasteiger partial charge on any atom is -0.363 e. The van der Waals surface area contributed by atoms with Gasteiger partial charge in [0.15, 0.2) is 5.11 Å². The number of hydrogen-bond acceptors (Lipinski definition) is 1. The average molecular weight is 379 g/mol. The molecule has 0 amide bonds. The molecule has 1 atom stereocenters. The standard InChI is InChI=1S/C22H35FN2S/c1-3-4-5-6-7-8-9-10-18-24-22(26)25-19(2)12-11-13-20-14-16-21(23)17-15-20/h11,13-17,19H,3-10,12,18H2,1-2H3,(H2,24,25,26). The second-order valence-electron chi connectivity index (χ2n) is 6.97. The van der Waals surface area contributed by atoms with E-state index in [1.165, 1.54) is 63.5 Å². The normalized spacial score (nSPS) is 12.3. The van der Waals surface area contributed by atoms with Crippen molar-refractivity contribution < 1.29 is 4.39 Å². The highest BCUT2D eigenvalue weighted by atomic mass is 32.1. The topological polar surface area (TPSA) is 24.1 Å². The number of nitrogens with one attached hydrogen (secondary N) is 2. The van der Waals surface area contributed by atoms with Crippen molar-refractivity contribution >= 4 is 23.4 Å². The smallest absolute Gasteiger partial charge is 0.166 e. The average Bonchev–Trinajstić information content (AvgIpc) is 2.62. The molecule has 2 nitrogen and oxygen atoms in total. The second-order valence-corrected chi connectivity index (χ2v) is 7.37. The first-order valence-corrected chi connectivity index (χ1v) is 10.5. The summed E-state index contributed by atoms with van der Waals surface area (Å²) in [5.41, 5.74) is 1.01. The first-order chi connectivity index (χ1) is 12.6. The fourth-order valence-electron chi connectivity index (χ4n) is 2.78. The van der Waals surface area contributed by atoms with Crippen LogP contribution in [-0.4, -0.2) is 17.7 Å². The van der Waals surface area contributed by atoms with Gasteiger partial charge in [0.25, 0.3) is 0 Å². The highest BCUT2D eigenvalue weighted by molar-refractivity contribution is 7.80. The van der Waals surface area contributed by atoms with E-state index in [1.807, 2.05) is 6.08 Å². The molecule has 1 aromatic rings. The lowest BCUT2D eigenvalue weighted by Crippen LogP contribution is -2.40. The summed E-state index contributed by atoms with van der Waals surface area (Å²) >= 11 is 5.35. The van der Waals surface area contributed by atoms with Gasteiger partial charge in [-0.3, -0.25) is 0 Å². The molecule has 146 valence electrons. The quantitative estimate of drug-likeness (QED) is 0.315. The van der Waals surface area contributed by atoms with Crippen LogP contribution >= 0.6 is 12.2 Å². The Bertz CT molecular complexity index is 513. The third-order valence-electron chi connectivity index (χ3n) is 4.36. The first-order valence-electron chi connectivity index (χ1n) is 10.1. The number of thiocarbonyl (C=S) groups is 1. The van der Waals surface area contributed by atoms with Crippen molar-refractivity contribution in [2.24, 2.45) is 0 Å². The molecule has 0 aliphatic carbocycles. The zero-order valence-electron chi connectivity index (χ0n) is 16.4. The Morgan fingerprint density at radius 3 is 2.31 bits per heavy atom. The van der Waals surface area contributed by atoms with Gasteiger partial charge in [0.05, 0.1) is 0 Å². The molecule has 1 rings (SSSR count). The molecule has 0 fully saturated rings. The molecule has 0 aliphatic rings. The summed E-state index contributed by atoms with van der Waals surface area (Å²) in [6, 6.07) is 6.78. The van der Waals surface area contributed by atoms with Crippen LogP contribution in [0.5, 0.6) is 0 Å². The predicted molar refractivity (Wildman–Crippen MR) is 116 cm³/mol. The zero-order chi connectivity index (χ0) is 19.0. The highest BCUT2D eigenvalue weighted by Crippen LogP contribution is 2.08. The van der Waals surface area contributed by atoms with Gasteiger partial charge in [0, 0.05) is 12.6 Å². The first kappa shape index (κ1) is 22.6. The number of halogens is 1. The van der Waals surface area contributed by atoms with E-state index in [1.54, 1.807) is 12.1 Å². The van der Waals surface area contributed by atoms with E-state index in [0.29, 0.717) is 0 Å². The van der Waals surface area contributed by atoms with Gasteiger partial charge >= 0.3 is 0 Å². The molecule has 0 saturated heterocycles. The SMILES string of the molecule is CCCCCCCCCCNC(=S)NC(C)CC=Cc1ccc(F)cc1. The number of benzene rings is 1. The molecule has 4 heteroatoms. The Morgan fingerprint density at radius 2 is 1.65 bits per heavy atom. The molecular formula is C22H35FN2S. The molecule has 1 aromatic carbocycles. The summed E-state index contributed by atoms with van der Waals surface area (Å²) in [4.78, 5) is 0. The Morgan fingerprint density at radius 1 is 1.04 bits per heavy atom. The number of rotatable bonds is 13. The molecule has 0 heterocycles. The molecule has 26 heavy (non-hydrogen) atoms. The fraction of sp³-hybridized carbons (Fsp3) is 0.591. The second kappa shape index (κ2) is 14.7. The van der Waals surface area contributed by atoms with Crippen LogP contribution < -0.4 is 10.6 Å². The van der Waals surface area contributed by atoms with E-state index in [2.05, 4.69) is 30.6 Å². The Kier molecular flexibility index (Phi) is 12.8. The van der Waals surface area contributed by atoms with Crippen LogP contribution in [-0.2, 0) is 0 Å². The minimum atomic E-state index is -0.204. The number of unbranched alkanes of at least 4 members (excludes halogenated alkanes) is 7. The van der Waals surface area contributed by atoms with Gasteiger partial charge in [-0.1, -0.05) is 76.2 Å². The van der Waals surface area contributed by atoms with Crippen LogP contribution in [0, 0.1) is 5.82 Å². The van der Waals surface area contributed by atoms with Gasteiger partial charge < -0.3 is 10.6 Å². The minimum absolute atomic E-state index is 0.204. The summed E-state index contributed by atoms with van der Waals surface area (Å²) in [5.74, 6) is -0.204. The summed E-state index contributed by atoms with van der Waals surface area (Å²) in [5, 5.41) is 7.34. The van der Waals surface area contributed by atoms with Crippen LogP contribution in [0.1, 0.15) is 77.2 Å². The lowest BCUT2D eigenvalue weighted by atomic mass is 10.1. The van der Waals surface area contributed by atoms with Gasteiger partial charge in [0.1, 0.15) is 5.82 Å². The lowest BCUT2D eigenvalue weighted by molar-refractivity contribution is 0.570. The summed E-state index contributed by atoms with van der Waals surface area (Å²) in [7, 11) is 0. The summed E-state index contributed by atoms with van der Waals surface area (Å²) in [6.07, 6.45) is 15.6. The molecule has 0 aromatic heterocycles. The van der Waals surface area contributed by atoms with Gasteiger partial charge in [-0.05, 0) is 49.7 Å². The third-order valence-corrected chi connectivity index (χ3v) is 4.63. The molecular weight excluding hydrogens is 343 g/mol. The van der Waals surface area contributed by atoms with Crippen LogP contribution in [0.25, 0.3) is 6.08 Å².